The number of carbonyl (C=O) groups excluding carboxylic acids is 1. The number of benzene rings is 1. The molecule has 0 saturated heterocycles. The van der Waals surface area contributed by atoms with Crippen LogP contribution in [0.1, 0.15) is 37.7 Å². The lowest BCUT2D eigenvalue weighted by atomic mass is 9.92. The SMILES string of the molecule is COc1cccc(OC)c1CC(=O)NC1(CC(=O)O)CCCC1. The molecule has 0 aromatic heterocycles. The summed E-state index contributed by atoms with van der Waals surface area (Å²) >= 11 is 0. The Labute approximate surface area is 135 Å². The minimum atomic E-state index is -0.887. The van der Waals surface area contributed by atoms with Gasteiger partial charge in [-0.15, -0.1) is 0 Å². The van der Waals surface area contributed by atoms with E-state index in [2.05, 4.69) is 5.32 Å². The minimum absolute atomic E-state index is 0.0399. The lowest BCUT2D eigenvalue weighted by Gasteiger charge is -2.29. The first kappa shape index (κ1) is 17.1. The van der Waals surface area contributed by atoms with E-state index in [9.17, 15) is 9.59 Å². The van der Waals surface area contributed by atoms with Crippen molar-refractivity contribution in [2.24, 2.45) is 0 Å². The number of aliphatic carboxylic acids is 1. The molecular weight excluding hydrogens is 298 g/mol. The molecular formula is C17H23NO5. The van der Waals surface area contributed by atoms with Crippen LogP contribution in [-0.4, -0.2) is 36.7 Å². The van der Waals surface area contributed by atoms with Crippen LogP contribution in [0.15, 0.2) is 18.2 Å². The van der Waals surface area contributed by atoms with E-state index < -0.39 is 11.5 Å². The van der Waals surface area contributed by atoms with Crippen molar-refractivity contribution in [3.63, 3.8) is 0 Å². The number of ether oxygens (including phenoxy) is 2. The summed E-state index contributed by atoms with van der Waals surface area (Å²) in [6.45, 7) is 0. The number of amides is 1. The van der Waals surface area contributed by atoms with Gasteiger partial charge in [-0.05, 0) is 25.0 Å². The fraction of sp³-hybridized carbons (Fsp3) is 0.529. The smallest absolute Gasteiger partial charge is 0.305 e. The Morgan fingerprint density at radius 1 is 1.17 bits per heavy atom. The van der Waals surface area contributed by atoms with Crippen molar-refractivity contribution in [2.45, 2.75) is 44.1 Å². The first-order valence-corrected chi connectivity index (χ1v) is 7.72. The highest BCUT2D eigenvalue weighted by atomic mass is 16.5. The summed E-state index contributed by atoms with van der Waals surface area (Å²) in [4.78, 5) is 23.6. The Bertz CT molecular complexity index is 556. The maximum Gasteiger partial charge on any atom is 0.305 e. The zero-order valence-corrected chi connectivity index (χ0v) is 13.6. The molecule has 2 rings (SSSR count). The highest BCUT2D eigenvalue weighted by Crippen LogP contribution is 2.33. The van der Waals surface area contributed by atoms with Crippen molar-refractivity contribution < 1.29 is 24.2 Å². The number of hydrogen-bond donors (Lipinski definition) is 2. The molecule has 0 radical (unpaired) electrons. The molecule has 1 aliphatic carbocycles. The fourth-order valence-electron chi connectivity index (χ4n) is 3.29. The molecule has 1 fully saturated rings. The average Bonchev–Trinajstić information content (AvgIpc) is 2.94. The maximum absolute atomic E-state index is 12.5. The molecule has 1 aliphatic rings. The van der Waals surface area contributed by atoms with E-state index in [-0.39, 0.29) is 18.7 Å². The Morgan fingerprint density at radius 3 is 2.22 bits per heavy atom. The van der Waals surface area contributed by atoms with Gasteiger partial charge in [0.2, 0.25) is 5.91 Å². The number of hydrogen-bond acceptors (Lipinski definition) is 4. The van der Waals surface area contributed by atoms with Crippen LogP contribution in [0.3, 0.4) is 0 Å². The summed E-state index contributed by atoms with van der Waals surface area (Å²) in [5.74, 6) is 0.0643. The highest BCUT2D eigenvalue weighted by Gasteiger charge is 2.37. The number of nitrogens with one attached hydrogen (secondary N) is 1. The molecule has 2 N–H and O–H groups in total. The molecule has 0 heterocycles. The van der Waals surface area contributed by atoms with Gasteiger partial charge in [0.1, 0.15) is 11.5 Å². The second kappa shape index (κ2) is 7.35. The van der Waals surface area contributed by atoms with Crippen LogP contribution in [0.4, 0.5) is 0 Å². The first-order chi connectivity index (χ1) is 11.0. The third-order valence-electron chi connectivity index (χ3n) is 4.32. The van der Waals surface area contributed by atoms with Crippen molar-refractivity contribution in [2.75, 3.05) is 14.2 Å². The minimum Gasteiger partial charge on any atom is -0.496 e. The van der Waals surface area contributed by atoms with Crippen molar-refractivity contribution in [1.29, 1.82) is 0 Å². The van der Waals surface area contributed by atoms with Gasteiger partial charge in [-0.2, -0.15) is 0 Å². The number of carboxylic acids is 1. The molecule has 0 aliphatic heterocycles. The second-order valence-electron chi connectivity index (χ2n) is 5.92. The van der Waals surface area contributed by atoms with Gasteiger partial charge in [-0.3, -0.25) is 9.59 Å². The van der Waals surface area contributed by atoms with E-state index in [1.54, 1.807) is 32.4 Å². The lowest BCUT2D eigenvalue weighted by Crippen LogP contribution is -2.48. The molecule has 0 atom stereocenters. The van der Waals surface area contributed by atoms with Crippen molar-refractivity contribution >= 4 is 11.9 Å². The zero-order chi connectivity index (χ0) is 16.9. The quantitative estimate of drug-likeness (QED) is 0.804. The Kier molecular flexibility index (Phi) is 5.47. The fourth-order valence-corrected chi connectivity index (χ4v) is 3.29. The van der Waals surface area contributed by atoms with E-state index in [1.807, 2.05) is 0 Å². The molecule has 1 saturated carbocycles. The molecule has 126 valence electrons. The van der Waals surface area contributed by atoms with E-state index in [4.69, 9.17) is 14.6 Å². The number of carboxylic acid groups (broad SMARTS) is 1. The highest BCUT2D eigenvalue weighted by molar-refractivity contribution is 5.82. The molecule has 1 aromatic carbocycles. The summed E-state index contributed by atoms with van der Waals surface area (Å²) in [6.07, 6.45) is 3.33. The molecule has 6 heteroatoms. The molecule has 0 spiro atoms. The van der Waals surface area contributed by atoms with Gasteiger partial charge in [0.05, 0.1) is 32.6 Å². The summed E-state index contributed by atoms with van der Waals surface area (Å²) in [5, 5.41) is 12.1. The number of rotatable bonds is 7. The second-order valence-corrected chi connectivity index (χ2v) is 5.92. The predicted molar refractivity (Wildman–Crippen MR) is 84.8 cm³/mol. The van der Waals surface area contributed by atoms with E-state index in [1.165, 1.54) is 0 Å². The zero-order valence-electron chi connectivity index (χ0n) is 13.6. The monoisotopic (exact) mass is 321 g/mol. The average molecular weight is 321 g/mol. The van der Waals surface area contributed by atoms with Crippen LogP contribution in [0, 0.1) is 0 Å². The molecule has 6 nitrogen and oxygen atoms in total. The summed E-state index contributed by atoms with van der Waals surface area (Å²) in [7, 11) is 3.08. The molecule has 1 aromatic rings. The normalized spacial score (nSPS) is 15.9. The third kappa shape index (κ3) is 4.15. The van der Waals surface area contributed by atoms with E-state index >= 15 is 0 Å². The summed E-state index contributed by atoms with van der Waals surface area (Å²) in [6, 6.07) is 5.34. The van der Waals surface area contributed by atoms with Crippen molar-refractivity contribution in [3.05, 3.63) is 23.8 Å². The van der Waals surface area contributed by atoms with Crippen LogP contribution in [0.2, 0.25) is 0 Å². The number of methoxy groups -OCH3 is 2. The van der Waals surface area contributed by atoms with E-state index in [0.717, 1.165) is 12.8 Å². The summed E-state index contributed by atoms with van der Waals surface area (Å²) < 4.78 is 10.6. The number of carbonyl (C=O) groups is 2. The molecule has 23 heavy (non-hydrogen) atoms. The van der Waals surface area contributed by atoms with Gasteiger partial charge < -0.3 is 19.9 Å². The molecule has 0 bridgehead atoms. The Morgan fingerprint density at radius 2 is 1.74 bits per heavy atom. The molecule has 0 unspecified atom stereocenters. The third-order valence-corrected chi connectivity index (χ3v) is 4.32. The van der Waals surface area contributed by atoms with Gasteiger partial charge in [-0.1, -0.05) is 18.9 Å². The van der Waals surface area contributed by atoms with Gasteiger partial charge in [0.15, 0.2) is 0 Å². The van der Waals surface area contributed by atoms with Gasteiger partial charge >= 0.3 is 5.97 Å². The van der Waals surface area contributed by atoms with Crippen molar-refractivity contribution in [3.8, 4) is 11.5 Å². The van der Waals surface area contributed by atoms with Gasteiger partial charge in [0.25, 0.3) is 0 Å². The van der Waals surface area contributed by atoms with Gasteiger partial charge in [-0.25, -0.2) is 0 Å². The maximum atomic E-state index is 12.5. The van der Waals surface area contributed by atoms with Crippen LogP contribution in [0.25, 0.3) is 0 Å². The van der Waals surface area contributed by atoms with E-state index in [0.29, 0.717) is 29.9 Å². The Hall–Kier alpha value is -2.24. The Balaban J connectivity index is 2.14. The predicted octanol–water partition coefficient (Wildman–Crippen LogP) is 2.15. The van der Waals surface area contributed by atoms with Gasteiger partial charge in [0, 0.05) is 5.56 Å². The van der Waals surface area contributed by atoms with Crippen LogP contribution in [-0.2, 0) is 16.0 Å². The molecule has 1 amide bonds. The topological polar surface area (TPSA) is 84.9 Å². The summed E-state index contributed by atoms with van der Waals surface area (Å²) in [5.41, 5.74) is 0.0384. The first-order valence-electron chi connectivity index (χ1n) is 7.72. The van der Waals surface area contributed by atoms with Crippen LogP contribution in [0.5, 0.6) is 11.5 Å². The largest absolute Gasteiger partial charge is 0.496 e. The van der Waals surface area contributed by atoms with Crippen molar-refractivity contribution in [1.82, 2.24) is 5.32 Å². The van der Waals surface area contributed by atoms with Crippen LogP contribution < -0.4 is 14.8 Å². The van der Waals surface area contributed by atoms with Crippen LogP contribution >= 0.6 is 0 Å². The standard InChI is InChI=1S/C17H23NO5/c1-22-13-6-5-7-14(23-2)12(13)10-15(19)18-17(11-16(20)21)8-3-4-9-17/h5-7H,3-4,8-11H2,1-2H3,(H,18,19)(H,20,21). The lowest BCUT2D eigenvalue weighted by molar-refractivity contribution is -0.139.